The average molecular weight is 284 g/mol. The highest BCUT2D eigenvalue weighted by molar-refractivity contribution is 5.85. The molecule has 6 heteroatoms. The van der Waals surface area contributed by atoms with Crippen LogP contribution in [0, 0.1) is 6.92 Å². The van der Waals surface area contributed by atoms with E-state index >= 15 is 0 Å². The molecule has 2 aromatic rings. The molecule has 0 bridgehead atoms. The van der Waals surface area contributed by atoms with E-state index in [1.807, 2.05) is 28.7 Å². The van der Waals surface area contributed by atoms with Crippen LogP contribution in [0.15, 0.2) is 18.5 Å². The van der Waals surface area contributed by atoms with Gasteiger partial charge < -0.3 is 5.32 Å². The predicted molar refractivity (Wildman–Crippen MR) is 78.3 cm³/mol. The van der Waals surface area contributed by atoms with Crippen molar-refractivity contribution < 1.29 is 0 Å². The standard InChI is InChI=1S/C13H21N5.ClH/c1-4-6-18-10-12(11(2)15-18)8-14-9-13-5-7-17(3)16-13;/h5,7,10,14H,4,6,8-9H2,1-3H3;1H. The Morgan fingerprint density at radius 2 is 2.05 bits per heavy atom. The summed E-state index contributed by atoms with van der Waals surface area (Å²) in [5, 5.41) is 12.2. The van der Waals surface area contributed by atoms with Crippen LogP contribution in [0.4, 0.5) is 0 Å². The Labute approximate surface area is 120 Å². The number of hydrogen-bond donors (Lipinski definition) is 1. The topological polar surface area (TPSA) is 47.7 Å². The minimum atomic E-state index is 0. The fourth-order valence-electron chi connectivity index (χ4n) is 1.96. The van der Waals surface area contributed by atoms with E-state index in [0.717, 1.165) is 37.4 Å². The minimum absolute atomic E-state index is 0. The number of hydrogen-bond acceptors (Lipinski definition) is 3. The van der Waals surface area contributed by atoms with Crippen molar-refractivity contribution in [2.24, 2.45) is 7.05 Å². The van der Waals surface area contributed by atoms with Gasteiger partial charge in [0.25, 0.3) is 0 Å². The number of nitrogens with one attached hydrogen (secondary N) is 1. The lowest BCUT2D eigenvalue weighted by molar-refractivity contribution is 0.597. The van der Waals surface area contributed by atoms with Crippen LogP contribution in [-0.2, 0) is 26.7 Å². The molecule has 0 spiro atoms. The van der Waals surface area contributed by atoms with Gasteiger partial charge in [0.05, 0.1) is 11.4 Å². The van der Waals surface area contributed by atoms with Crippen molar-refractivity contribution >= 4 is 12.4 Å². The number of aromatic nitrogens is 4. The molecular formula is C13H22ClN5. The smallest absolute Gasteiger partial charge is 0.0762 e. The molecule has 0 atom stereocenters. The molecule has 2 heterocycles. The quantitative estimate of drug-likeness (QED) is 0.883. The number of rotatable bonds is 6. The summed E-state index contributed by atoms with van der Waals surface area (Å²) in [5.74, 6) is 0. The molecule has 0 unspecified atom stereocenters. The molecule has 0 fully saturated rings. The van der Waals surface area contributed by atoms with Crippen molar-refractivity contribution in [1.29, 1.82) is 0 Å². The second kappa shape index (κ2) is 7.31. The molecular weight excluding hydrogens is 262 g/mol. The third-order valence-electron chi connectivity index (χ3n) is 2.89. The largest absolute Gasteiger partial charge is 0.307 e. The van der Waals surface area contributed by atoms with Crippen molar-refractivity contribution in [1.82, 2.24) is 24.9 Å². The van der Waals surface area contributed by atoms with E-state index in [2.05, 4.69) is 35.6 Å². The lowest BCUT2D eigenvalue weighted by atomic mass is 10.2. The second-order valence-electron chi connectivity index (χ2n) is 4.59. The van der Waals surface area contributed by atoms with E-state index in [0.29, 0.717) is 0 Å². The molecule has 19 heavy (non-hydrogen) atoms. The molecule has 0 radical (unpaired) electrons. The molecule has 2 rings (SSSR count). The van der Waals surface area contributed by atoms with Crippen molar-refractivity contribution in [3.8, 4) is 0 Å². The van der Waals surface area contributed by atoms with Gasteiger partial charge in [-0.25, -0.2) is 0 Å². The summed E-state index contributed by atoms with van der Waals surface area (Å²) in [7, 11) is 1.93. The molecule has 1 N–H and O–H groups in total. The Bertz CT molecular complexity index is 503. The molecule has 0 saturated carbocycles. The van der Waals surface area contributed by atoms with Crippen molar-refractivity contribution in [3.05, 3.63) is 35.4 Å². The summed E-state index contributed by atoms with van der Waals surface area (Å²) in [6.07, 6.45) is 5.20. The van der Waals surface area contributed by atoms with E-state index in [-0.39, 0.29) is 12.4 Å². The first-order chi connectivity index (χ1) is 8.69. The molecule has 0 amide bonds. The minimum Gasteiger partial charge on any atom is -0.307 e. The molecule has 0 aliphatic carbocycles. The molecule has 0 saturated heterocycles. The predicted octanol–water partition coefficient (Wildman–Crippen LogP) is 2.05. The van der Waals surface area contributed by atoms with Gasteiger partial charge in [-0.1, -0.05) is 6.92 Å². The molecule has 2 aromatic heterocycles. The Hall–Kier alpha value is -1.33. The van der Waals surface area contributed by atoms with Gasteiger partial charge in [0.2, 0.25) is 0 Å². The number of halogens is 1. The maximum atomic E-state index is 4.49. The van der Waals surface area contributed by atoms with Crippen LogP contribution in [-0.4, -0.2) is 19.6 Å². The van der Waals surface area contributed by atoms with Crippen molar-refractivity contribution in [2.45, 2.75) is 39.9 Å². The van der Waals surface area contributed by atoms with Gasteiger partial charge in [0.1, 0.15) is 0 Å². The van der Waals surface area contributed by atoms with Gasteiger partial charge in [-0.15, -0.1) is 12.4 Å². The monoisotopic (exact) mass is 283 g/mol. The lowest BCUT2D eigenvalue weighted by Gasteiger charge is -2.01. The van der Waals surface area contributed by atoms with Crippen LogP contribution in [0.1, 0.15) is 30.3 Å². The van der Waals surface area contributed by atoms with E-state index in [4.69, 9.17) is 0 Å². The Kier molecular flexibility index (Phi) is 6.05. The summed E-state index contributed by atoms with van der Waals surface area (Å²) in [6, 6.07) is 2.03. The molecule has 0 aliphatic rings. The molecule has 0 aliphatic heterocycles. The number of nitrogens with zero attached hydrogens (tertiary/aromatic N) is 4. The number of aryl methyl sites for hydroxylation is 3. The van der Waals surface area contributed by atoms with Crippen molar-refractivity contribution in [2.75, 3.05) is 0 Å². The SMILES string of the molecule is CCCn1cc(CNCc2ccn(C)n2)c(C)n1.Cl. The first-order valence-electron chi connectivity index (χ1n) is 6.41. The summed E-state index contributed by atoms with van der Waals surface area (Å²) in [5.41, 5.74) is 3.44. The van der Waals surface area contributed by atoms with Crippen LogP contribution in [0.25, 0.3) is 0 Å². The molecule has 106 valence electrons. The maximum Gasteiger partial charge on any atom is 0.0762 e. The third-order valence-corrected chi connectivity index (χ3v) is 2.89. The van der Waals surface area contributed by atoms with Gasteiger partial charge in [-0.05, 0) is 19.4 Å². The van der Waals surface area contributed by atoms with Crippen LogP contribution < -0.4 is 5.32 Å². The van der Waals surface area contributed by atoms with E-state index in [1.165, 1.54) is 5.56 Å². The Morgan fingerprint density at radius 3 is 2.68 bits per heavy atom. The summed E-state index contributed by atoms with van der Waals surface area (Å²) < 4.78 is 3.84. The average Bonchev–Trinajstić information content (AvgIpc) is 2.87. The Balaban J connectivity index is 0.00000180. The van der Waals surface area contributed by atoms with Crippen LogP contribution in [0.2, 0.25) is 0 Å². The first kappa shape index (κ1) is 15.7. The zero-order valence-electron chi connectivity index (χ0n) is 11.8. The van der Waals surface area contributed by atoms with Crippen molar-refractivity contribution in [3.63, 3.8) is 0 Å². The van der Waals surface area contributed by atoms with Crippen LogP contribution >= 0.6 is 12.4 Å². The lowest BCUT2D eigenvalue weighted by Crippen LogP contribution is -2.13. The summed E-state index contributed by atoms with van der Waals surface area (Å²) >= 11 is 0. The van der Waals surface area contributed by atoms with Gasteiger partial charge in [-0.2, -0.15) is 10.2 Å². The fraction of sp³-hybridized carbons (Fsp3) is 0.538. The highest BCUT2D eigenvalue weighted by Gasteiger charge is 2.04. The highest BCUT2D eigenvalue weighted by Crippen LogP contribution is 2.06. The molecule has 0 aromatic carbocycles. The third kappa shape index (κ3) is 4.36. The summed E-state index contributed by atoms with van der Waals surface area (Å²) in [6.45, 7) is 6.84. The van der Waals surface area contributed by atoms with Crippen LogP contribution in [0.5, 0.6) is 0 Å². The first-order valence-corrected chi connectivity index (χ1v) is 6.41. The Morgan fingerprint density at radius 1 is 1.26 bits per heavy atom. The van der Waals surface area contributed by atoms with Gasteiger partial charge in [-0.3, -0.25) is 9.36 Å². The fourth-order valence-corrected chi connectivity index (χ4v) is 1.96. The van der Waals surface area contributed by atoms with Gasteiger partial charge in [0.15, 0.2) is 0 Å². The van der Waals surface area contributed by atoms with E-state index in [9.17, 15) is 0 Å². The maximum absolute atomic E-state index is 4.49. The summed E-state index contributed by atoms with van der Waals surface area (Å²) in [4.78, 5) is 0. The zero-order chi connectivity index (χ0) is 13.0. The van der Waals surface area contributed by atoms with E-state index < -0.39 is 0 Å². The van der Waals surface area contributed by atoms with Gasteiger partial charge >= 0.3 is 0 Å². The van der Waals surface area contributed by atoms with Crippen LogP contribution in [0.3, 0.4) is 0 Å². The van der Waals surface area contributed by atoms with Gasteiger partial charge in [0, 0.05) is 44.6 Å². The molecule has 5 nitrogen and oxygen atoms in total. The van der Waals surface area contributed by atoms with E-state index in [1.54, 1.807) is 0 Å². The highest BCUT2D eigenvalue weighted by atomic mass is 35.5. The second-order valence-corrected chi connectivity index (χ2v) is 4.59. The normalized spacial score (nSPS) is 10.5. The zero-order valence-corrected chi connectivity index (χ0v) is 12.6.